The Kier molecular flexibility index (Phi) is 6.36. The van der Waals surface area contributed by atoms with Crippen LogP contribution in [0.4, 0.5) is 0 Å². The van der Waals surface area contributed by atoms with Gasteiger partial charge in [0.2, 0.25) is 5.91 Å². The molecule has 32 heavy (non-hydrogen) atoms. The molecule has 3 heterocycles. The molecule has 0 radical (unpaired) electrons. The first-order chi connectivity index (χ1) is 15.5. The zero-order chi connectivity index (χ0) is 22.7. The molecule has 0 atom stereocenters. The molecule has 2 aromatic heterocycles. The second kappa shape index (κ2) is 9.35. The first kappa shape index (κ1) is 21.8. The molecule has 1 amide bonds. The van der Waals surface area contributed by atoms with E-state index in [9.17, 15) is 14.4 Å². The van der Waals surface area contributed by atoms with Crippen LogP contribution in [0.5, 0.6) is 0 Å². The van der Waals surface area contributed by atoms with Crippen molar-refractivity contribution >= 4 is 17.5 Å². The van der Waals surface area contributed by atoms with Gasteiger partial charge in [-0.25, -0.2) is 14.3 Å². The Morgan fingerprint density at radius 1 is 1.16 bits per heavy atom. The number of ether oxygens (including phenoxy) is 1. The van der Waals surface area contributed by atoms with Crippen molar-refractivity contribution in [1.29, 1.82) is 0 Å². The van der Waals surface area contributed by atoms with E-state index in [1.807, 2.05) is 36.1 Å². The van der Waals surface area contributed by atoms with Gasteiger partial charge in [-0.2, -0.15) is 0 Å². The molecule has 9 heteroatoms. The number of H-pyrrole nitrogens is 1. The van der Waals surface area contributed by atoms with E-state index >= 15 is 0 Å². The molecule has 1 N–H and O–H groups in total. The molecule has 1 fully saturated rings. The molecule has 1 aliphatic rings. The zero-order valence-corrected chi connectivity index (χ0v) is 18.3. The molecule has 9 nitrogen and oxygen atoms in total. The van der Waals surface area contributed by atoms with Crippen LogP contribution in [0, 0.1) is 6.92 Å². The number of amides is 1. The fourth-order valence-corrected chi connectivity index (χ4v) is 3.94. The van der Waals surface area contributed by atoms with Crippen LogP contribution in [-0.4, -0.2) is 69.1 Å². The smallest absolute Gasteiger partial charge is 0.343 e. The number of aromatic amines is 1. The number of piperazine rings is 1. The quantitative estimate of drug-likeness (QED) is 0.585. The number of rotatable bonds is 6. The summed E-state index contributed by atoms with van der Waals surface area (Å²) in [6.45, 7) is 7.10. The summed E-state index contributed by atoms with van der Waals surface area (Å²) in [7, 11) is 0. The van der Waals surface area contributed by atoms with Gasteiger partial charge in [0, 0.05) is 45.0 Å². The highest BCUT2D eigenvalue weighted by Gasteiger charge is 2.23. The normalized spacial score (nSPS) is 14.6. The van der Waals surface area contributed by atoms with Crippen LogP contribution in [0.25, 0.3) is 5.65 Å². The lowest BCUT2D eigenvalue weighted by Gasteiger charge is -2.34. The highest BCUT2D eigenvalue weighted by Crippen LogP contribution is 2.13. The van der Waals surface area contributed by atoms with Crippen molar-refractivity contribution in [2.45, 2.75) is 26.8 Å². The fraction of sp³-hybridized carbons (Fsp3) is 0.391. The van der Waals surface area contributed by atoms with E-state index < -0.39 is 5.97 Å². The number of esters is 1. The predicted octanol–water partition coefficient (Wildman–Crippen LogP) is 1.39. The van der Waals surface area contributed by atoms with E-state index in [2.05, 4.69) is 15.0 Å². The lowest BCUT2D eigenvalue weighted by atomic mass is 10.1. The minimum absolute atomic E-state index is 0.128. The highest BCUT2D eigenvalue weighted by atomic mass is 16.5. The topological polar surface area (TPSA) is 100 Å². The minimum Gasteiger partial charge on any atom is -0.462 e. The number of nitrogens with one attached hydrogen (secondary N) is 1. The summed E-state index contributed by atoms with van der Waals surface area (Å²) in [5, 5.41) is 2.75. The Bertz CT molecular complexity index is 1190. The third-order valence-corrected chi connectivity index (χ3v) is 5.76. The first-order valence-electron chi connectivity index (χ1n) is 10.8. The van der Waals surface area contributed by atoms with Crippen molar-refractivity contribution in [1.82, 2.24) is 24.4 Å². The standard InChI is InChI=1S/C23H27N5O4/c1-3-32-23(31)19-14-24-28-21(30)13-18(25-22(19)28)15-26-8-10-27(11-9-26)20(29)12-17-7-5-4-6-16(17)2/h4-7,13-14,24H,3,8-12,15H2,1-2H3. The summed E-state index contributed by atoms with van der Waals surface area (Å²) >= 11 is 0. The number of nitrogens with zero attached hydrogens (tertiary/aromatic N) is 4. The molecule has 3 aromatic rings. The van der Waals surface area contributed by atoms with Crippen LogP contribution in [0.3, 0.4) is 0 Å². The van der Waals surface area contributed by atoms with Crippen LogP contribution in [0.1, 0.15) is 34.1 Å². The maximum absolute atomic E-state index is 12.7. The van der Waals surface area contributed by atoms with Gasteiger partial charge in [-0.3, -0.25) is 19.6 Å². The van der Waals surface area contributed by atoms with Crippen LogP contribution in [0.2, 0.25) is 0 Å². The molecular formula is C23H27N5O4. The molecule has 0 bridgehead atoms. The number of hydrogen-bond acceptors (Lipinski definition) is 6. The SMILES string of the molecule is CCOC(=O)c1c[nH]n2c(=O)cc(CN3CCN(C(=O)Cc4ccccc4C)CC3)nc12. The van der Waals surface area contributed by atoms with Crippen LogP contribution < -0.4 is 5.56 Å². The van der Waals surface area contributed by atoms with Crippen molar-refractivity contribution in [3.8, 4) is 0 Å². The summed E-state index contributed by atoms with van der Waals surface area (Å²) in [6.07, 6.45) is 1.84. The van der Waals surface area contributed by atoms with Gasteiger partial charge in [0.05, 0.1) is 18.7 Å². The molecular weight excluding hydrogens is 410 g/mol. The van der Waals surface area contributed by atoms with Gasteiger partial charge in [0.25, 0.3) is 5.56 Å². The van der Waals surface area contributed by atoms with Crippen molar-refractivity contribution in [2.24, 2.45) is 0 Å². The van der Waals surface area contributed by atoms with Gasteiger partial charge in [-0.05, 0) is 25.0 Å². The van der Waals surface area contributed by atoms with E-state index in [-0.39, 0.29) is 29.3 Å². The van der Waals surface area contributed by atoms with E-state index in [0.717, 1.165) is 11.1 Å². The van der Waals surface area contributed by atoms with Gasteiger partial charge in [0.1, 0.15) is 5.56 Å². The lowest BCUT2D eigenvalue weighted by Crippen LogP contribution is -2.48. The van der Waals surface area contributed by atoms with Crippen LogP contribution in [-0.2, 0) is 22.5 Å². The van der Waals surface area contributed by atoms with Gasteiger partial charge in [-0.1, -0.05) is 24.3 Å². The number of fused-ring (bicyclic) bond motifs is 1. The summed E-state index contributed by atoms with van der Waals surface area (Å²) in [4.78, 5) is 45.9. The molecule has 1 aromatic carbocycles. The van der Waals surface area contributed by atoms with Gasteiger partial charge < -0.3 is 9.64 Å². The molecule has 4 rings (SSSR count). The largest absolute Gasteiger partial charge is 0.462 e. The number of carbonyl (C=O) groups excluding carboxylic acids is 2. The second-order valence-electron chi connectivity index (χ2n) is 7.91. The average Bonchev–Trinajstić information content (AvgIpc) is 3.21. The lowest BCUT2D eigenvalue weighted by molar-refractivity contribution is -0.132. The molecule has 0 spiro atoms. The van der Waals surface area contributed by atoms with Crippen molar-refractivity contribution in [3.63, 3.8) is 0 Å². The predicted molar refractivity (Wildman–Crippen MR) is 119 cm³/mol. The third-order valence-electron chi connectivity index (χ3n) is 5.76. The Labute approximate surface area is 185 Å². The maximum atomic E-state index is 12.7. The van der Waals surface area contributed by atoms with Crippen molar-refractivity contribution in [2.75, 3.05) is 32.8 Å². The van der Waals surface area contributed by atoms with Gasteiger partial charge in [0.15, 0.2) is 5.65 Å². The summed E-state index contributed by atoms with van der Waals surface area (Å²) < 4.78 is 6.28. The van der Waals surface area contributed by atoms with Crippen molar-refractivity contribution in [3.05, 3.63) is 69.3 Å². The summed E-state index contributed by atoms with van der Waals surface area (Å²) in [5.41, 5.74) is 2.98. The van der Waals surface area contributed by atoms with E-state index in [4.69, 9.17) is 4.74 Å². The zero-order valence-electron chi connectivity index (χ0n) is 18.3. The average molecular weight is 438 g/mol. The number of aromatic nitrogens is 3. The summed E-state index contributed by atoms with van der Waals surface area (Å²) in [5.74, 6) is -0.390. The van der Waals surface area contributed by atoms with Gasteiger partial charge >= 0.3 is 5.97 Å². The Morgan fingerprint density at radius 2 is 1.91 bits per heavy atom. The monoisotopic (exact) mass is 437 g/mol. The number of hydrogen-bond donors (Lipinski definition) is 1. The molecule has 1 aliphatic heterocycles. The minimum atomic E-state index is -0.518. The third kappa shape index (κ3) is 4.57. The summed E-state index contributed by atoms with van der Waals surface area (Å²) in [6, 6.07) is 9.41. The molecule has 1 saturated heterocycles. The van der Waals surface area contributed by atoms with Gasteiger partial charge in [-0.15, -0.1) is 0 Å². The Morgan fingerprint density at radius 3 is 2.62 bits per heavy atom. The van der Waals surface area contributed by atoms with Crippen molar-refractivity contribution < 1.29 is 14.3 Å². The number of benzene rings is 1. The van der Waals surface area contributed by atoms with E-state index in [0.29, 0.717) is 44.8 Å². The molecule has 0 unspecified atom stereocenters. The highest BCUT2D eigenvalue weighted by molar-refractivity contribution is 5.95. The second-order valence-corrected chi connectivity index (χ2v) is 7.91. The molecule has 0 saturated carbocycles. The Balaban J connectivity index is 1.40. The fourth-order valence-electron chi connectivity index (χ4n) is 3.94. The maximum Gasteiger partial charge on any atom is 0.343 e. The molecule has 0 aliphatic carbocycles. The molecule has 168 valence electrons. The first-order valence-corrected chi connectivity index (χ1v) is 10.8. The van der Waals surface area contributed by atoms with Crippen LogP contribution in [0.15, 0.2) is 41.3 Å². The Hall–Kier alpha value is -3.46. The number of aryl methyl sites for hydroxylation is 1. The van der Waals surface area contributed by atoms with E-state index in [1.54, 1.807) is 6.92 Å². The van der Waals surface area contributed by atoms with Crippen LogP contribution >= 0.6 is 0 Å². The number of carbonyl (C=O) groups is 2. The van der Waals surface area contributed by atoms with E-state index in [1.165, 1.54) is 16.8 Å².